The smallest absolute Gasteiger partial charge is 0.289 e. The highest BCUT2D eigenvalue weighted by atomic mass is 16.5. The number of piperazine rings is 1. The normalized spacial score (nSPS) is 14.3. The van der Waals surface area contributed by atoms with E-state index in [9.17, 15) is 4.79 Å². The van der Waals surface area contributed by atoms with E-state index in [0.29, 0.717) is 25.3 Å². The molecule has 3 aromatic heterocycles. The van der Waals surface area contributed by atoms with Crippen LogP contribution >= 0.6 is 0 Å². The number of carbonyl (C=O) groups is 1. The Kier molecular flexibility index (Phi) is 5.17. The molecule has 0 unspecified atom stereocenters. The summed E-state index contributed by atoms with van der Waals surface area (Å²) in [6, 6.07) is 13.9. The summed E-state index contributed by atoms with van der Waals surface area (Å²) in [5.41, 5.74) is 4.07. The van der Waals surface area contributed by atoms with E-state index in [2.05, 4.69) is 29.1 Å². The van der Waals surface area contributed by atoms with Crippen molar-refractivity contribution < 1.29 is 13.7 Å². The van der Waals surface area contributed by atoms with E-state index >= 15 is 0 Å². The molecule has 7 heteroatoms. The lowest BCUT2D eigenvalue weighted by Gasteiger charge is -2.35. The first-order chi connectivity index (χ1) is 15.5. The van der Waals surface area contributed by atoms with Gasteiger partial charge in [-0.3, -0.25) is 4.79 Å². The van der Waals surface area contributed by atoms with Crippen LogP contribution in [0.15, 0.2) is 51.4 Å². The number of rotatable bonds is 4. The van der Waals surface area contributed by atoms with Gasteiger partial charge in [0.25, 0.3) is 5.91 Å². The van der Waals surface area contributed by atoms with Crippen molar-refractivity contribution in [3.63, 3.8) is 0 Å². The van der Waals surface area contributed by atoms with Gasteiger partial charge in [0.2, 0.25) is 0 Å². The molecule has 0 spiro atoms. The van der Waals surface area contributed by atoms with Crippen LogP contribution in [0, 0.1) is 20.8 Å². The zero-order valence-electron chi connectivity index (χ0n) is 18.6. The van der Waals surface area contributed by atoms with Crippen LogP contribution in [0.4, 0.5) is 5.82 Å². The lowest BCUT2D eigenvalue weighted by Crippen LogP contribution is -2.49. The van der Waals surface area contributed by atoms with Gasteiger partial charge in [0.05, 0.1) is 11.2 Å². The van der Waals surface area contributed by atoms with Gasteiger partial charge in [-0.25, -0.2) is 4.98 Å². The molecule has 1 aromatic carbocycles. The number of carbonyl (C=O) groups excluding carboxylic acids is 1. The Morgan fingerprint density at radius 1 is 1.03 bits per heavy atom. The summed E-state index contributed by atoms with van der Waals surface area (Å²) in [5.74, 6) is 2.78. The largest absolute Gasteiger partial charge is 0.456 e. The van der Waals surface area contributed by atoms with Crippen LogP contribution in [-0.4, -0.2) is 47.1 Å². The highest BCUT2D eigenvalue weighted by Crippen LogP contribution is 2.24. The summed E-state index contributed by atoms with van der Waals surface area (Å²) >= 11 is 0. The molecule has 0 bridgehead atoms. The van der Waals surface area contributed by atoms with Crippen molar-refractivity contribution in [1.82, 2.24) is 15.0 Å². The van der Waals surface area contributed by atoms with Crippen LogP contribution in [0.1, 0.15) is 38.9 Å². The third-order valence-electron chi connectivity index (χ3n) is 6.21. The van der Waals surface area contributed by atoms with Crippen molar-refractivity contribution in [2.75, 3.05) is 31.1 Å². The molecular formula is C25H26N4O3. The van der Waals surface area contributed by atoms with E-state index < -0.39 is 0 Å². The second kappa shape index (κ2) is 8.15. The number of furan rings is 1. The van der Waals surface area contributed by atoms with E-state index in [-0.39, 0.29) is 5.91 Å². The number of nitrogens with zero attached hydrogens (tertiary/aromatic N) is 4. The maximum atomic E-state index is 13.0. The first-order valence-corrected chi connectivity index (χ1v) is 10.9. The molecule has 0 radical (unpaired) electrons. The Morgan fingerprint density at radius 3 is 2.56 bits per heavy atom. The predicted molar refractivity (Wildman–Crippen MR) is 122 cm³/mol. The van der Waals surface area contributed by atoms with Gasteiger partial charge in [0.1, 0.15) is 17.3 Å². The quantitative estimate of drug-likeness (QED) is 0.481. The number of anilines is 1. The number of aryl methyl sites for hydroxylation is 3. The molecule has 0 N–H and O–H groups in total. The maximum absolute atomic E-state index is 13.0. The maximum Gasteiger partial charge on any atom is 0.289 e. The monoisotopic (exact) mass is 430 g/mol. The number of amides is 1. The second-order valence-electron chi connectivity index (χ2n) is 8.34. The highest BCUT2D eigenvalue weighted by molar-refractivity contribution is 5.91. The number of hydrogen-bond donors (Lipinski definition) is 0. The summed E-state index contributed by atoms with van der Waals surface area (Å²) in [6.07, 6.45) is 0.565. The van der Waals surface area contributed by atoms with Crippen LogP contribution < -0.4 is 4.90 Å². The molecule has 1 fully saturated rings. The van der Waals surface area contributed by atoms with Gasteiger partial charge in [-0.1, -0.05) is 23.4 Å². The van der Waals surface area contributed by atoms with Gasteiger partial charge < -0.3 is 18.7 Å². The molecule has 5 rings (SSSR count). The fourth-order valence-corrected chi connectivity index (χ4v) is 4.30. The topological polar surface area (TPSA) is 75.6 Å². The number of fused-ring (bicyclic) bond motifs is 1. The van der Waals surface area contributed by atoms with Gasteiger partial charge in [-0.05, 0) is 50.6 Å². The molecule has 1 aliphatic rings. The van der Waals surface area contributed by atoms with Crippen LogP contribution in [0.25, 0.3) is 10.9 Å². The van der Waals surface area contributed by atoms with Crippen LogP contribution in [0.2, 0.25) is 0 Å². The summed E-state index contributed by atoms with van der Waals surface area (Å²) in [7, 11) is 0. The minimum absolute atomic E-state index is 0.0719. The van der Waals surface area contributed by atoms with E-state index in [1.165, 1.54) is 10.9 Å². The summed E-state index contributed by atoms with van der Waals surface area (Å²) < 4.78 is 11.1. The summed E-state index contributed by atoms with van der Waals surface area (Å²) in [6.45, 7) is 8.65. The molecule has 0 atom stereocenters. The predicted octanol–water partition coefficient (Wildman–Crippen LogP) is 4.29. The number of benzene rings is 1. The molecule has 1 amide bonds. The molecule has 164 valence electrons. The Bertz CT molecular complexity index is 1260. The van der Waals surface area contributed by atoms with Gasteiger partial charge in [0.15, 0.2) is 5.76 Å². The number of aromatic nitrogens is 2. The Balaban J connectivity index is 1.25. The van der Waals surface area contributed by atoms with E-state index in [1.54, 1.807) is 6.07 Å². The van der Waals surface area contributed by atoms with Gasteiger partial charge in [-0.15, -0.1) is 0 Å². The van der Waals surface area contributed by atoms with Crippen LogP contribution in [0.5, 0.6) is 0 Å². The number of hydrogen-bond acceptors (Lipinski definition) is 6. The van der Waals surface area contributed by atoms with Crippen LogP contribution in [-0.2, 0) is 6.42 Å². The van der Waals surface area contributed by atoms with Gasteiger partial charge in [-0.2, -0.15) is 0 Å². The average molecular weight is 431 g/mol. The second-order valence-corrected chi connectivity index (χ2v) is 8.34. The number of para-hydroxylation sites is 1. The molecule has 0 saturated carbocycles. The van der Waals surface area contributed by atoms with E-state index in [0.717, 1.165) is 47.2 Å². The van der Waals surface area contributed by atoms with Crippen LogP contribution in [0.3, 0.4) is 0 Å². The van der Waals surface area contributed by atoms with E-state index in [1.807, 2.05) is 43.0 Å². The molecule has 1 aliphatic heterocycles. The fraction of sp³-hybridized carbons (Fsp3) is 0.320. The van der Waals surface area contributed by atoms with Crippen molar-refractivity contribution in [3.8, 4) is 0 Å². The third kappa shape index (κ3) is 3.75. The lowest BCUT2D eigenvalue weighted by molar-refractivity contribution is 0.0712. The summed E-state index contributed by atoms with van der Waals surface area (Å²) in [5, 5.41) is 5.16. The first-order valence-electron chi connectivity index (χ1n) is 10.9. The highest BCUT2D eigenvalue weighted by Gasteiger charge is 2.25. The summed E-state index contributed by atoms with van der Waals surface area (Å²) in [4.78, 5) is 21.9. The average Bonchev–Trinajstić information content (AvgIpc) is 3.41. The molecule has 4 aromatic rings. The zero-order chi connectivity index (χ0) is 22.2. The fourth-order valence-electron chi connectivity index (χ4n) is 4.30. The van der Waals surface area contributed by atoms with Crippen molar-refractivity contribution in [3.05, 3.63) is 76.6 Å². The Labute approximate surface area is 186 Å². The Hall–Kier alpha value is -3.61. The van der Waals surface area contributed by atoms with Crippen molar-refractivity contribution >= 4 is 22.6 Å². The first kappa shape index (κ1) is 20.3. The molecule has 1 saturated heterocycles. The minimum Gasteiger partial charge on any atom is -0.456 e. The van der Waals surface area contributed by atoms with E-state index in [4.69, 9.17) is 13.9 Å². The molecule has 4 heterocycles. The van der Waals surface area contributed by atoms with Crippen molar-refractivity contribution in [2.24, 2.45) is 0 Å². The Morgan fingerprint density at radius 2 is 1.81 bits per heavy atom. The molecular weight excluding hydrogens is 404 g/mol. The van der Waals surface area contributed by atoms with Gasteiger partial charge in [0, 0.05) is 43.5 Å². The third-order valence-corrected chi connectivity index (χ3v) is 6.21. The van der Waals surface area contributed by atoms with Crippen molar-refractivity contribution in [1.29, 1.82) is 0 Å². The standard InChI is InChI=1S/C25H26N4O3/c1-16-14-24(26-22-7-5-4-6-20(16)22)28-10-12-29(13-11-28)25(30)23-9-8-19(31-23)15-21-17(2)27-32-18(21)3/h4-9,14H,10-13,15H2,1-3H3. The molecule has 0 aliphatic carbocycles. The minimum atomic E-state index is -0.0719. The van der Waals surface area contributed by atoms with Crippen molar-refractivity contribution in [2.45, 2.75) is 27.2 Å². The van der Waals surface area contributed by atoms with Gasteiger partial charge >= 0.3 is 0 Å². The SMILES string of the molecule is Cc1noc(C)c1Cc1ccc(C(=O)N2CCN(c3cc(C)c4ccccc4n3)CC2)o1. The zero-order valence-corrected chi connectivity index (χ0v) is 18.6. The number of pyridine rings is 1. The lowest BCUT2D eigenvalue weighted by atomic mass is 10.1. The molecule has 7 nitrogen and oxygen atoms in total. The molecule has 32 heavy (non-hydrogen) atoms.